The standard InChI is InChI=1S/C7H8Br2/c1-5-2-6(8)4-7(9)3-5/h2,4-5H,3H2,1H3. The number of hydrogen-bond acceptors (Lipinski definition) is 0. The lowest BCUT2D eigenvalue weighted by Crippen LogP contribution is -1.94. The van der Waals surface area contributed by atoms with Crippen molar-refractivity contribution in [3.8, 4) is 0 Å². The molecule has 1 atom stereocenters. The molecule has 1 aliphatic carbocycles. The molecule has 0 aromatic rings. The van der Waals surface area contributed by atoms with Gasteiger partial charge in [0.2, 0.25) is 0 Å². The Morgan fingerprint density at radius 1 is 1.56 bits per heavy atom. The lowest BCUT2D eigenvalue weighted by Gasteiger charge is -2.10. The van der Waals surface area contributed by atoms with Gasteiger partial charge in [0, 0.05) is 4.48 Å². The third-order valence-electron chi connectivity index (χ3n) is 1.26. The van der Waals surface area contributed by atoms with Crippen LogP contribution in [0.15, 0.2) is 21.1 Å². The average molecular weight is 252 g/mol. The van der Waals surface area contributed by atoms with Gasteiger partial charge in [-0.05, 0) is 22.9 Å². The summed E-state index contributed by atoms with van der Waals surface area (Å²) in [7, 11) is 0. The molecule has 0 saturated carbocycles. The molecular formula is C7H8Br2. The molecule has 0 spiro atoms. The van der Waals surface area contributed by atoms with Gasteiger partial charge in [0.1, 0.15) is 0 Å². The monoisotopic (exact) mass is 250 g/mol. The Morgan fingerprint density at radius 2 is 2.22 bits per heavy atom. The van der Waals surface area contributed by atoms with Gasteiger partial charge in [-0.2, -0.15) is 0 Å². The van der Waals surface area contributed by atoms with Gasteiger partial charge < -0.3 is 0 Å². The van der Waals surface area contributed by atoms with E-state index in [1.54, 1.807) is 0 Å². The summed E-state index contributed by atoms with van der Waals surface area (Å²) in [5.74, 6) is 0.666. The first-order chi connectivity index (χ1) is 4.18. The Bertz CT molecular complexity index is 168. The quantitative estimate of drug-likeness (QED) is 0.618. The first-order valence-electron chi connectivity index (χ1n) is 2.92. The van der Waals surface area contributed by atoms with Crippen molar-refractivity contribution in [3.63, 3.8) is 0 Å². The maximum Gasteiger partial charge on any atom is 0.0146 e. The summed E-state index contributed by atoms with van der Waals surface area (Å²) < 4.78 is 2.47. The first-order valence-corrected chi connectivity index (χ1v) is 4.50. The van der Waals surface area contributed by atoms with Crippen molar-refractivity contribution < 1.29 is 0 Å². The van der Waals surface area contributed by atoms with Crippen molar-refractivity contribution in [1.29, 1.82) is 0 Å². The van der Waals surface area contributed by atoms with Crippen molar-refractivity contribution >= 4 is 31.9 Å². The number of allylic oxidation sites excluding steroid dienone is 4. The highest BCUT2D eigenvalue weighted by atomic mass is 79.9. The van der Waals surface area contributed by atoms with Gasteiger partial charge in [-0.25, -0.2) is 0 Å². The molecule has 0 amide bonds. The first kappa shape index (κ1) is 7.55. The van der Waals surface area contributed by atoms with Crippen molar-refractivity contribution in [2.75, 3.05) is 0 Å². The van der Waals surface area contributed by atoms with Gasteiger partial charge in [0.25, 0.3) is 0 Å². The van der Waals surface area contributed by atoms with E-state index >= 15 is 0 Å². The zero-order valence-corrected chi connectivity index (χ0v) is 8.37. The van der Waals surface area contributed by atoms with Crippen LogP contribution in [-0.4, -0.2) is 0 Å². The van der Waals surface area contributed by atoms with Crippen LogP contribution in [0.3, 0.4) is 0 Å². The van der Waals surface area contributed by atoms with Crippen molar-refractivity contribution in [2.45, 2.75) is 13.3 Å². The smallest absolute Gasteiger partial charge is 0.0146 e. The molecule has 0 nitrogen and oxygen atoms in total. The van der Waals surface area contributed by atoms with E-state index in [2.05, 4.69) is 50.9 Å². The van der Waals surface area contributed by atoms with Crippen LogP contribution in [0, 0.1) is 5.92 Å². The predicted octanol–water partition coefficient (Wildman–Crippen LogP) is 3.58. The second kappa shape index (κ2) is 3.02. The van der Waals surface area contributed by atoms with E-state index in [-0.39, 0.29) is 0 Å². The van der Waals surface area contributed by atoms with Gasteiger partial charge in [-0.1, -0.05) is 44.9 Å². The van der Waals surface area contributed by atoms with E-state index in [0.29, 0.717) is 5.92 Å². The van der Waals surface area contributed by atoms with Crippen LogP contribution in [0.4, 0.5) is 0 Å². The fourth-order valence-corrected chi connectivity index (χ4v) is 2.69. The van der Waals surface area contributed by atoms with E-state index in [4.69, 9.17) is 0 Å². The fourth-order valence-electron chi connectivity index (χ4n) is 0.895. The Balaban J connectivity index is 2.74. The van der Waals surface area contributed by atoms with Crippen LogP contribution in [0.5, 0.6) is 0 Å². The zero-order chi connectivity index (χ0) is 6.85. The summed E-state index contributed by atoms with van der Waals surface area (Å²) >= 11 is 6.88. The van der Waals surface area contributed by atoms with Crippen LogP contribution in [-0.2, 0) is 0 Å². The molecule has 1 rings (SSSR count). The molecule has 0 heterocycles. The summed E-state index contributed by atoms with van der Waals surface area (Å²) in [6.45, 7) is 2.20. The van der Waals surface area contributed by atoms with E-state index in [9.17, 15) is 0 Å². The SMILES string of the molecule is CC1C=C(Br)C=C(Br)C1. The van der Waals surface area contributed by atoms with E-state index in [1.807, 2.05) is 0 Å². The minimum Gasteiger partial charge on any atom is -0.0670 e. The van der Waals surface area contributed by atoms with Crippen molar-refractivity contribution in [1.82, 2.24) is 0 Å². The number of rotatable bonds is 0. The molecular weight excluding hydrogens is 244 g/mol. The summed E-state index contributed by atoms with van der Waals surface area (Å²) in [5, 5.41) is 0. The average Bonchev–Trinajstić information content (AvgIpc) is 1.59. The van der Waals surface area contributed by atoms with Crippen LogP contribution in [0.2, 0.25) is 0 Å². The Morgan fingerprint density at radius 3 is 2.67 bits per heavy atom. The fraction of sp³-hybridized carbons (Fsp3) is 0.429. The molecule has 0 N–H and O–H groups in total. The number of halogens is 2. The molecule has 0 aromatic heterocycles. The molecule has 2 heteroatoms. The second-order valence-electron chi connectivity index (χ2n) is 2.32. The molecule has 1 unspecified atom stereocenters. The predicted molar refractivity (Wildman–Crippen MR) is 47.8 cm³/mol. The van der Waals surface area contributed by atoms with Gasteiger partial charge in [-0.15, -0.1) is 0 Å². The Hall–Kier alpha value is 0.440. The molecule has 0 radical (unpaired) electrons. The minimum atomic E-state index is 0.666. The largest absolute Gasteiger partial charge is 0.0670 e. The molecule has 0 saturated heterocycles. The molecule has 9 heavy (non-hydrogen) atoms. The molecule has 0 bridgehead atoms. The Kier molecular flexibility index (Phi) is 2.53. The van der Waals surface area contributed by atoms with Crippen LogP contribution >= 0.6 is 31.9 Å². The van der Waals surface area contributed by atoms with Crippen molar-refractivity contribution in [3.05, 3.63) is 21.1 Å². The van der Waals surface area contributed by atoms with E-state index in [1.165, 1.54) is 8.96 Å². The number of hydrogen-bond donors (Lipinski definition) is 0. The van der Waals surface area contributed by atoms with E-state index < -0.39 is 0 Å². The highest BCUT2D eigenvalue weighted by Crippen LogP contribution is 2.28. The molecule has 1 aliphatic rings. The van der Waals surface area contributed by atoms with Crippen LogP contribution in [0.25, 0.3) is 0 Å². The topological polar surface area (TPSA) is 0 Å². The zero-order valence-electron chi connectivity index (χ0n) is 5.20. The Labute approximate surface area is 72.3 Å². The lowest BCUT2D eigenvalue weighted by atomic mass is 10.0. The summed E-state index contributed by atoms with van der Waals surface area (Å²) in [6, 6.07) is 0. The molecule has 0 fully saturated rings. The van der Waals surface area contributed by atoms with Gasteiger partial charge in [0.05, 0.1) is 0 Å². The minimum absolute atomic E-state index is 0.666. The maximum atomic E-state index is 3.46. The molecule has 50 valence electrons. The van der Waals surface area contributed by atoms with Gasteiger partial charge >= 0.3 is 0 Å². The summed E-state index contributed by atoms with van der Waals surface area (Å²) in [6.07, 6.45) is 5.44. The molecule has 0 aromatic carbocycles. The third-order valence-corrected chi connectivity index (χ3v) is 2.30. The highest BCUT2D eigenvalue weighted by molar-refractivity contribution is 9.12. The summed E-state index contributed by atoms with van der Waals surface area (Å²) in [5.41, 5.74) is 0. The van der Waals surface area contributed by atoms with Gasteiger partial charge in [0.15, 0.2) is 0 Å². The van der Waals surface area contributed by atoms with Crippen LogP contribution < -0.4 is 0 Å². The van der Waals surface area contributed by atoms with Crippen LogP contribution in [0.1, 0.15) is 13.3 Å². The third kappa shape index (κ3) is 2.26. The molecule has 0 aliphatic heterocycles. The van der Waals surface area contributed by atoms with Gasteiger partial charge in [-0.3, -0.25) is 0 Å². The normalized spacial score (nSPS) is 27.2. The second-order valence-corrected chi connectivity index (χ2v) is 4.26. The summed E-state index contributed by atoms with van der Waals surface area (Å²) in [4.78, 5) is 0. The maximum absolute atomic E-state index is 3.46. The van der Waals surface area contributed by atoms with E-state index in [0.717, 1.165) is 6.42 Å². The highest BCUT2D eigenvalue weighted by Gasteiger charge is 2.06. The van der Waals surface area contributed by atoms with Crippen molar-refractivity contribution in [2.24, 2.45) is 5.92 Å². The lowest BCUT2D eigenvalue weighted by molar-refractivity contribution is 0.730.